The normalized spacial score (nSPS) is 21.2. The second kappa shape index (κ2) is 6.53. The predicted octanol–water partition coefficient (Wildman–Crippen LogP) is 3.11. The first-order valence-electron chi connectivity index (χ1n) is 6.54. The van der Waals surface area contributed by atoms with E-state index in [0.29, 0.717) is 6.10 Å². The molecule has 0 aromatic heterocycles. The topological polar surface area (TPSA) is 47.3 Å². The minimum absolute atomic E-state index is 0.146. The van der Waals surface area contributed by atoms with Crippen LogP contribution in [0.15, 0.2) is 18.2 Å². The molecule has 0 radical (unpaired) electrons. The van der Waals surface area contributed by atoms with E-state index in [1.54, 1.807) is 0 Å². The number of hydrazine groups is 1. The third-order valence-electron chi connectivity index (χ3n) is 3.60. The van der Waals surface area contributed by atoms with E-state index in [-0.39, 0.29) is 6.04 Å². The van der Waals surface area contributed by atoms with Crippen molar-refractivity contribution in [1.29, 1.82) is 0 Å². The Kier molecular flexibility index (Phi) is 5.01. The highest BCUT2D eigenvalue weighted by molar-refractivity contribution is 6.31. The van der Waals surface area contributed by atoms with Crippen molar-refractivity contribution in [1.82, 2.24) is 5.43 Å². The molecule has 2 unspecified atom stereocenters. The fraction of sp³-hybridized carbons (Fsp3) is 0.571. The number of halogens is 1. The van der Waals surface area contributed by atoms with Crippen molar-refractivity contribution in [3.05, 3.63) is 34.3 Å². The molecule has 1 aliphatic rings. The third kappa shape index (κ3) is 3.45. The van der Waals surface area contributed by atoms with E-state index in [1.807, 2.05) is 19.1 Å². The van der Waals surface area contributed by atoms with E-state index in [9.17, 15) is 0 Å². The Labute approximate surface area is 114 Å². The summed E-state index contributed by atoms with van der Waals surface area (Å²) in [7, 11) is 0. The molecule has 1 aromatic rings. The first kappa shape index (κ1) is 13.8. The minimum atomic E-state index is 0.146. The van der Waals surface area contributed by atoms with Crippen molar-refractivity contribution >= 4 is 11.6 Å². The number of rotatable bonds is 5. The van der Waals surface area contributed by atoms with Crippen LogP contribution in [0.25, 0.3) is 0 Å². The first-order chi connectivity index (χ1) is 8.70. The highest BCUT2D eigenvalue weighted by Crippen LogP contribution is 2.26. The second-order valence-corrected chi connectivity index (χ2v) is 5.35. The van der Waals surface area contributed by atoms with Crippen molar-refractivity contribution in [3.8, 4) is 0 Å². The van der Waals surface area contributed by atoms with E-state index < -0.39 is 0 Å². The molecule has 2 rings (SSSR count). The zero-order valence-electron chi connectivity index (χ0n) is 10.8. The van der Waals surface area contributed by atoms with Crippen LogP contribution in [0.5, 0.6) is 0 Å². The maximum Gasteiger partial charge on any atom is 0.0576 e. The molecule has 0 amide bonds. The smallest absolute Gasteiger partial charge is 0.0576 e. The van der Waals surface area contributed by atoms with Gasteiger partial charge in [-0.3, -0.25) is 11.3 Å². The van der Waals surface area contributed by atoms with Gasteiger partial charge in [0.25, 0.3) is 0 Å². The first-order valence-corrected chi connectivity index (χ1v) is 6.92. The average Bonchev–Trinajstić information content (AvgIpc) is 2.87. The summed E-state index contributed by atoms with van der Waals surface area (Å²) in [4.78, 5) is 0. The molecule has 18 heavy (non-hydrogen) atoms. The lowest BCUT2D eigenvalue weighted by Crippen LogP contribution is -2.28. The van der Waals surface area contributed by atoms with Gasteiger partial charge in [-0.1, -0.05) is 23.7 Å². The van der Waals surface area contributed by atoms with Gasteiger partial charge in [0.2, 0.25) is 0 Å². The molecule has 3 N–H and O–H groups in total. The summed E-state index contributed by atoms with van der Waals surface area (Å²) in [6.45, 7) is 2.91. The van der Waals surface area contributed by atoms with Crippen LogP contribution in [0, 0.1) is 6.92 Å². The maximum absolute atomic E-state index is 6.15. The highest BCUT2D eigenvalue weighted by atomic mass is 35.5. The Hall–Kier alpha value is -0.610. The van der Waals surface area contributed by atoms with Crippen molar-refractivity contribution < 1.29 is 4.74 Å². The number of benzene rings is 1. The van der Waals surface area contributed by atoms with E-state index >= 15 is 0 Å². The average molecular weight is 269 g/mol. The van der Waals surface area contributed by atoms with Crippen LogP contribution >= 0.6 is 11.6 Å². The molecule has 1 saturated heterocycles. The molecule has 1 aromatic carbocycles. The molecular formula is C14H21ClN2O. The van der Waals surface area contributed by atoms with Gasteiger partial charge in [0.1, 0.15) is 0 Å². The highest BCUT2D eigenvalue weighted by Gasteiger charge is 2.18. The quantitative estimate of drug-likeness (QED) is 0.637. The number of ether oxygens (including phenoxy) is 1. The van der Waals surface area contributed by atoms with Crippen molar-refractivity contribution in [2.24, 2.45) is 5.84 Å². The van der Waals surface area contributed by atoms with Gasteiger partial charge in [-0.25, -0.2) is 0 Å². The number of aryl methyl sites for hydroxylation is 1. The lowest BCUT2D eigenvalue weighted by molar-refractivity contribution is 0.0996. The number of nitrogens with one attached hydrogen (secondary N) is 1. The Bertz CT molecular complexity index is 391. The molecule has 2 atom stereocenters. The minimum Gasteiger partial charge on any atom is -0.378 e. The second-order valence-electron chi connectivity index (χ2n) is 4.94. The van der Waals surface area contributed by atoms with Gasteiger partial charge in [-0.05, 0) is 49.8 Å². The van der Waals surface area contributed by atoms with Crippen LogP contribution in [-0.2, 0) is 4.74 Å². The SMILES string of the molecule is Cc1ccc(C(CCC2CCCO2)NN)cc1Cl. The predicted molar refractivity (Wildman–Crippen MR) is 74.5 cm³/mol. The van der Waals surface area contributed by atoms with Crippen molar-refractivity contribution in [3.63, 3.8) is 0 Å². The van der Waals surface area contributed by atoms with Crippen LogP contribution in [0.2, 0.25) is 5.02 Å². The molecule has 0 spiro atoms. The molecule has 100 valence electrons. The fourth-order valence-electron chi connectivity index (χ4n) is 2.40. The number of hydrogen-bond acceptors (Lipinski definition) is 3. The fourth-order valence-corrected chi connectivity index (χ4v) is 2.59. The largest absolute Gasteiger partial charge is 0.378 e. The van der Waals surface area contributed by atoms with E-state index in [1.165, 1.54) is 12.8 Å². The van der Waals surface area contributed by atoms with Gasteiger partial charge < -0.3 is 4.74 Å². The van der Waals surface area contributed by atoms with E-state index in [0.717, 1.165) is 35.6 Å². The molecule has 1 fully saturated rings. The monoisotopic (exact) mass is 268 g/mol. The van der Waals surface area contributed by atoms with Gasteiger partial charge in [0.05, 0.1) is 6.10 Å². The van der Waals surface area contributed by atoms with E-state index in [2.05, 4.69) is 11.5 Å². The number of hydrogen-bond donors (Lipinski definition) is 2. The summed E-state index contributed by atoms with van der Waals surface area (Å²) in [6, 6.07) is 6.26. The molecule has 3 nitrogen and oxygen atoms in total. The molecule has 1 aliphatic heterocycles. The summed E-state index contributed by atoms with van der Waals surface area (Å²) in [5.41, 5.74) is 5.11. The van der Waals surface area contributed by atoms with Gasteiger partial charge >= 0.3 is 0 Å². The van der Waals surface area contributed by atoms with Crippen molar-refractivity contribution in [2.75, 3.05) is 6.61 Å². The lowest BCUT2D eigenvalue weighted by Gasteiger charge is -2.19. The van der Waals surface area contributed by atoms with Crippen LogP contribution in [-0.4, -0.2) is 12.7 Å². The Morgan fingerprint density at radius 2 is 2.39 bits per heavy atom. The summed E-state index contributed by atoms with van der Waals surface area (Å²) in [6.07, 6.45) is 4.77. The van der Waals surface area contributed by atoms with Crippen LogP contribution < -0.4 is 11.3 Å². The molecule has 0 bridgehead atoms. The van der Waals surface area contributed by atoms with Crippen LogP contribution in [0.3, 0.4) is 0 Å². The van der Waals surface area contributed by atoms with E-state index in [4.69, 9.17) is 22.2 Å². The van der Waals surface area contributed by atoms with Gasteiger partial charge in [-0.2, -0.15) is 0 Å². The lowest BCUT2D eigenvalue weighted by atomic mass is 9.99. The van der Waals surface area contributed by atoms with Gasteiger partial charge in [-0.15, -0.1) is 0 Å². The number of nitrogens with two attached hydrogens (primary N) is 1. The summed E-state index contributed by atoms with van der Waals surface area (Å²) in [5.74, 6) is 5.64. The molecular weight excluding hydrogens is 248 g/mol. The molecule has 4 heteroatoms. The standard InChI is InChI=1S/C14H21ClN2O/c1-10-4-5-11(9-13(10)15)14(17-16)7-6-12-3-2-8-18-12/h4-5,9,12,14,17H,2-3,6-8,16H2,1H3. The van der Waals surface area contributed by atoms with Gasteiger partial charge in [0.15, 0.2) is 0 Å². The summed E-state index contributed by atoms with van der Waals surface area (Å²) in [5, 5.41) is 0.796. The molecule has 0 aliphatic carbocycles. The summed E-state index contributed by atoms with van der Waals surface area (Å²) < 4.78 is 5.63. The third-order valence-corrected chi connectivity index (χ3v) is 4.01. The summed E-state index contributed by atoms with van der Waals surface area (Å²) >= 11 is 6.15. The Morgan fingerprint density at radius 1 is 1.56 bits per heavy atom. The zero-order chi connectivity index (χ0) is 13.0. The van der Waals surface area contributed by atoms with Crippen LogP contribution in [0.4, 0.5) is 0 Å². The maximum atomic E-state index is 6.15. The Balaban J connectivity index is 1.96. The van der Waals surface area contributed by atoms with Crippen LogP contribution in [0.1, 0.15) is 42.9 Å². The Morgan fingerprint density at radius 3 is 3.00 bits per heavy atom. The molecule has 0 saturated carbocycles. The zero-order valence-corrected chi connectivity index (χ0v) is 11.5. The molecule has 1 heterocycles. The van der Waals surface area contributed by atoms with Crippen molar-refractivity contribution in [2.45, 2.75) is 44.8 Å². The van der Waals surface area contributed by atoms with Gasteiger partial charge in [0, 0.05) is 17.7 Å².